The molecule has 3 aliphatic rings. The molecule has 1 aliphatic carbocycles. The molecule has 1 atom stereocenters. The van der Waals surface area contributed by atoms with E-state index in [0.717, 1.165) is 30.8 Å². The summed E-state index contributed by atoms with van der Waals surface area (Å²) >= 11 is 0. The van der Waals surface area contributed by atoms with E-state index in [1.165, 1.54) is 43.1 Å². The number of Topliss-reactive ketones (excluding diaryl/α,β-unsaturated/α-hetero) is 1. The predicted octanol–water partition coefficient (Wildman–Crippen LogP) is 4.51. The second-order valence-corrected chi connectivity index (χ2v) is 9.72. The number of hydrogen-bond acceptors (Lipinski definition) is 4. The molecule has 0 spiro atoms. The van der Waals surface area contributed by atoms with Gasteiger partial charge in [-0.15, -0.1) is 0 Å². The number of benzene rings is 1. The van der Waals surface area contributed by atoms with E-state index in [1.807, 2.05) is 19.2 Å². The monoisotopic (exact) mass is 444 g/mol. The summed E-state index contributed by atoms with van der Waals surface area (Å²) in [4.78, 5) is 22.6. The Labute approximate surface area is 193 Å². The Balaban J connectivity index is 1.32. The molecule has 2 saturated heterocycles. The van der Waals surface area contributed by atoms with E-state index in [9.17, 15) is 9.18 Å². The molecule has 170 valence electrons. The Morgan fingerprint density at radius 3 is 2.88 bits per heavy atom. The smallest absolute Gasteiger partial charge is 0.173 e. The molecule has 6 rings (SSSR count). The van der Waals surface area contributed by atoms with Crippen LogP contribution >= 0.6 is 0 Å². The van der Waals surface area contributed by atoms with Crippen molar-refractivity contribution in [1.82, 2.24) is 14.3 Å². The Morgan fingerprint density at radius 2 is 1.97 bits per heavy atom. The lowest BCUT2D eigenvalue weighted by Crippen LogP contribution is -2.54. The highest BCUT2D eigenvalue weighted by molar-refractivity contribution is 6.25. The highest BCUT2D eigenvalue weighted by Crippen LogP contribution is 2.32. The predicted molar refractivity (Wildman–Crippen MR) is 129 cm³/mol. The van der Waals surface area contributed by atoms with Crippen molar-refractivity contribution in [3.8, 4) is 0 Å². The van der Waals surface area contributed by atoms with Gasteiger partial charge in [0.1, 0.15) is 0 Å². The molecule has 0 N–H and O–H groups in total. The Bertz CT molecular complexity index is 1280. The number of anilines is 1. The van der Waals surface area contributed by atoms with Crippen LogP contribution in [0.3, 0.4) is 0 Å². The molecule has 0 radical (unpaired) electrons. The van der Waals surface area contributed by atoms with Crippen molar-refractivity contribution in [2.24, 2.45) is 0 Å². The standard InChI is InChI=1S/C27H29FN4O/c1-18-12-24(28)27-29-25(17-32(27)15-18)23-14-20-5-7-21(13-19(20)6-8-26(23)33)31-11-10-30-9-3-2-4-22(30)16-31/h5,7,12-15,17,22H,2-4,6,8-11,16H2,1H3. The fourth-order valence-electron chi connectivity index (χ4n) is 5.69. The van der Waals surface area contributed by atoms with E-state index >= 15 is 0 Å². The third kappa shape index (κ3) is 3.76. The molecule has 33 heavy (non-hydrogen) atoms. The number of aromatic nitrogens is 2. The highest BCUT2D eigenvalue weighted by atomic mass is 19.1. The van der Waals surface area contributed by atoms with E-state index in [-0.39, 0.29) is 17.2 Å². The number of ketones is 1. The summed E-state index contributed by atoms with van der Waals surface area (Å²) in [5.74, 6) is -0.310. The van der Waals surface area contributed by atoms with Gasteiger partial charge >= 0.3 is 0 Å². The number of imidazole rings is 1. The summed E-state index contributed by atoms with van der Waals surface area (Å²) < 4.78 is 16.0. The van der Waals surface area contributed by atoms with Crippen LogP contribution in [0.2, 0.25) is 0 Å². The molecule has 3 aromatic rings. The molecule has 4 heterocycles. The fraction of sp³-hybridized carbons (Fsp3) is 0.407. The largest absolute Gasteiger partial charge is 0.369 e. The number of halogens is 1. The minimum atomic E-state index is -0.369. The minimum absolute atomic E-state index is 0.0594. The van der Waals surface area contributed by atoms with E-state index in [1.54, 1.807) is 10.6 Å². The van der Waals surface area contributed by atoms with E-state index in [0.29, 0.717) is 30.2 Å². The molecule has 5 nitrogen and oxygen atoms in total. The third-order valence-electron chi connectivity index (χ3n) is 7.47. The van der Waals surface area contributed by atoms with Crippen LogP contribution < -0.4 is 4.90 Å². The number of aryl methyl sites for hydroxylation is 2. The first-order chi connectivity index (χ1) is 16.0. The number of fused-ring (bicyclic) bond motifs is 3. The van der Waals surface area contributed by atoms with Gasteiger partial charge in [0.25, 0.3) is 0 Å². The fourth-order valence-corrected chi connectivity index (χ4v) is 5.69. The molecule has 2 aliphatic heterocycles. The van der Waals surface area contributed by atoms with Gasteiger partial charge in [0.05, 0.1) is 5.69 Å². The number of allylic oxidation sites excluding steroid dienone is 1. The first-order valence-electron chi connectivity index (χ1n) is 12.1. The van der Waals surface area contributed by atoms with Gasteiger partial charge in [-0.3, -0.25) is 9.69 Å². The van der Waals surface area contributed by atoms with Crippen LogP contribution in [0.4, 0.5) is 10.1 Å². The second kappa shape index (κ2) is 8.10. The number of piperidine rings is 1. The SMILES string of the molecule is Cc1cc(F)c2nc(C3=Cc4ccc(N5CCN6CCCCC6C5)cc4CCC3=O)cn2c1. The number of pyridine rings is 1. The van der Waals surface area contributed by atoms with Crippen molar-refractivity contribution in [3.05, 3.63) is 64.9 Å². The van der Waals surface area contributed by atoms with Crippen molar-refractivity contribution in [3.63, 3.8) is 0 Å². The van der Waals surface area contributed by atoms with Crippen molar-refractivity contribution >= 4 is 28.8 Å². The maximum absolute atomic E-state index is 14.4. The van der Waals surface area contributed by atoms with Crippen molar-refractivity contribution in [1.29, 1.82) is 0 Å². The van der Waals surface area contributed by atoms with E-state index in [2.05, 4.69) is 33.0 Å². The molecule has 1 unspecified atom stereocenters. The van der Waals surface area contributed by atoms with Gasteiger partial charge in [-0.05, 0) is 73.7 Å². The lowest BCUT2D eigenvalue weighted by molar-refractivity contribution is -0.113. The number of nitrogens with zero attached hydrogens (tertiary/aromatic N) is 4. The molecule has 1 aromatic carbocycles. The average molecular weight is 445 g/mol. The summed E-state index contributed by atoms with van der Waals surface area (Å²) in [7, 11) is 0. The van der Waals surface area contributed by atoms with E-state index < -0.39 is 0 Å². The van der Waals surface area contributed by atoms with Gasteiger partial charge < -0.3 is 9.30 Å². The van der Waals surface area contributed by atoms with Gasteiger partial charge in [0, 0.05) is 55.8 Å². The van der Waals surface area contributed by atoms with Crippen molar-refractivity contribution in [2.75, 3.05) is 31.1 Å². The zero-order chi connectivity index (χ0) is 22.5. The summed E-state index contributed by atoms with van der Waals surface area (Å²) in [5, 5.41) is 0. The molecular formula is C27H29FN4O. The Hall–Kier alpha value is -2.99. The number of hydrogen-bond donors (Lipinski definition) is 0. The van der Waals surface area contributed by atoms with Crippen molar-refractivity contribution < 1.29 is 9.18 Å². The number of rotatable bonds is 2. The van der Waals surface area contributed by atoms with Gasteiger partial charge in [0.15, 0.2) is 17.2 Å². The van der Waals surface area contributed by atoms with Crippen LogP contribution in [0.25, 0.3) is 17.3 Å². The molecule has 2 aromatic heterocycles. The lowest BCUT2D eigenvalue weighted by atomic mass is 9.98. The zero-order valence-corrected chi connectivity index (χ0v) is 19.1. The lowest BCUT2D eigenvalue weighted by Gasteiger charge is -2.45. The van der Waals surface area contributed by atoms with Gasteiger partial charge in [-0.1, -0.05) is 12.5 Å². The third-order valence-corrected chi connectivity index (χ3v) is 7.47. The average Bonchev–Trinajstić information content (AvgIpc) is 3.17. The first-order valence-corrected chi connectivity index (χ1v) is 12.1. The van der Waals surface area contributed by atoms with E-state index in [4.69, 9.17) is 0 Å². The molecule has 0 bridgehead atoms. The van der Waals surface area contributed by atoms with Crippen LogP contribution in [0.1, 0.15) is 48.1 Å². The molecule has 6 heteroatoms. The van der Waals surface area contributed by atoms with Crippen LogP contribution in [-0.4, -0.2) is 52.3 Å². The topological polar surface area (TPSA) is 40.9 Å². The number of carbonyl (C=O) groups is 1. The Morgan fingerprint density at radius 1 is 1.06 bits per heavy atom. The molecular weight excluding hydrogens is 415 g/mol. The summed E-state index contributed by atoms with van der Waals surface area (Å²) in [6.45, 7) is 6.37. The Kier molecular flexibility index (Phi) is 5.06. The van der Waals surface area contributed by atoms with Crippen LogP contribution in [0.15, 0.2) is 36.7 Å². The zero-order valence-electron chi connectivity index (χ0n) is 19.1. The minimum Gasteiger partial charge on any atom is -0.369 e. The van der Waals surface area contributed by atoms with Crippen LogP contribution in [0.5, 0.6) is 0 Å². The maximum atomic E-state index is 14.4. The molecule has 0 amide bonds. The maximum Gasteiger partial charge on any atom is 0.173 e. The quantitative estimate of drug-likeness (QED) is 0.583. The van der Waals surface area contributed by atoms with Crippen LogP contribution in [0, 0.1) is 12.7 Å². The second-order valence-electron chi connectivity index (χ2n) is 9.72. The molecule has 0 saturated carbocycles. The molecule has 2 fully saturated rings. The van der Waals surface area contributed by atoms with Crippen LogP contribution in [-0.2, 0) is 11.2 Å². The summed E-state index contributed by atoms with van der Waals surface area (Å²) in [6, 6.07) is 8.73. The summed E-state index contributed by atoms with van der Waals surface area (Å²) in [5.41, 5.74) is 5.70. The first kappa shape index (κ1) is 20.6. The summed E-state index contributed by atoms with van der Waals surface area (Å²) in [6.07, 6.45) is 10.7. The van der Waals surface area contributed by atoms with Crippen molar-refractivity contribution in [2.45, 2.75) is 45.1 Å². The highest BCUT2D eigenvalue weighted by Gasteiger charge is 2.29. The normalized spacial score (nSPS) is 21.5. The van der Waals surface area contributed by atoms with Gasteiger partial charge in [-0.2, -0.15) is 0 Å². The number of piperazine rings is 1. The number of carbonyl (C=O) groups excluding carboxylic acids is 1. The van der Waals surface area contributed by atoms with Gasteiger partial charge in [-0.25, -0.2) is 9.37 Å². The van der Waals surface area contributed by atoms with Gasteiger partial charge in [0.2, 0.25) is 0 Å².